The molecule has 0 radical (unpaired) electrons. The third kappa shape index (κ3) is 7.38. The summed E-state index contributed by atoms with van der Waals surface area (Å²) in [5.41, 5.74) is 2.13. The van der Waals surface area contributed by atoms with Gasteiger partial charge in [0, 0.05) is 4.47 Å². The van der Waals surface area contributed by atoms with Crippen molar-refractivity contribution in [2.75, 3.05) is 27.4 Å². The highest BCUT2D eigenvalue weighted by Crippen LogP contribution is 2.41. The van der Waals surface area contributed by atoms with Gasteiger partial charge in [-0.25, -0.2) is 14.6 Å². The minimum absolute atomic E-state index is 0.0448. The monoisotopic (exact) mass is 770 g/mol. The molecule has 1 aromatic heterocycles. The van der Waals surface area contributed by atoms with Crippen LogP contribution in [0.3, 0.4) is 0 Å². The molecular weight excluding hydrogens is 740 g/mol. The summed E-state index contributed by atoms with van der Waals surface area (Å²) in [4.78, 5) is 44.0. The Labute approximate surface area is 298 Å². The molecule has 0 unspecified atom stereocenters. The fraction of sp³-hybridized carbons (Fsp3) is 0.257. The molecule has 0 saturated carbocycles. The van der Waals surface area contributed by atoms with E-state index in [0.717, 1.165) is 11.3 Å². The topological polar surface area (TPSA) is 135 Å². The average Bonchev–Trinajstić information content (AvgIpc) is 3.37. The van der Waals surface area contributed by atoms with Crippen LogP contribution in [0.5, 0.6) is 23.0 Å². The number of carboxylic acids is 1. The standard InChI is InChI=1S/C35H32BrClN2O9S/c1-6-46-26-16-23(36)22(15-25(26)44-4)30-29(34(43)47-7-2)18(3)38-35-39(30)32(40)28(49-35)14-20-12-24(37)31(27(13-20)45-5)48-17-19-9-8-10-21(11-19)33(41)42/h8-16,30H,6-7,17H2,1-5H3,(H,41,42)/b28-14+/t30-/m0/s1. The number of aromatic carboxylic acids is 1. The normalized spacial score (nSPS) is 14.2. The highest BCUT2D eigenvalue weighted by atomic mass is 79.9. The van der Waals surface area contributed by atoms with E-state index in [1.54, 1.807) is 56.3 Å². The number of carboxylic acid groups (broad SMARTS) is 1. The maximum absolute atomic E-state index is 14.2. The first-order valence-corrected chi connectivity index (χ1v) is 17.0. The number of hydrogen-bond donors (Lipinski definition) is 1. The van der Waals surface area contributed by atoms with Gasteiger partial charge in [-0.2, -0.15) is 0 Å². The number of carbonyl (C=O) groups excluding carboxylic acids is 1. The number of thiazole rings is 1. The number of benzene rings is 3. The second-order valence-corrected chi connectivity index (χ2v) is 12.9. The number of rotatable bonds is 12. The van der Waals surface area contributed by atoms with Gasteiger partial charge < -0.3 is 28.8 Å². The largest absolute Gasteiger partial charge is 0.493 e. The number of aromatic nitrogens is 1. The second-order valence-electron chi connectivity index (χ2n) is 10.6. The summed E-state index contributed by atoms with van der Waals surface area (Å²) in [6.45, 7) is 5.86. The van der Waals surface area contributed by atoms with Gasteiger partial charge in [0.25, 0.3) is 5.56 Å². The quantitative estimate of drug-likeness (QED) is 0.175. The number of esters is 1. The minimum Gasteiger partial charge on any atom is -0.493 e. The number of halogens is 2. The van der Waals surface area contributed by atoms with Crippen molar-refractivity contribution in [1.82, 2.24) is 4.57 Å². The maximum atomic E-state index is 14.2. The number of allylic oxidation sites excluding steroid dienone is 1. The molecule has 49 heavy (non-hydrogen) atoms. The van der Waals surface area contributed by atoms with Crippen LogP contribution in [0.2, 0.25) is 5.02 Å². The Kier molecular flexibility index (Phi) is 11.2. The molecule has 256 valence electrons. The first-order chi connectivity index (χ1) is 23.5. The van der Waals surface area contributed by atoms with Gasteiger partial charge in [-0.3, -0.25) is 9.36 Å². The summed E-state index contributed by atoms with van der Waals surface area (Å²) in [5, 5.41) is 9.52. The molecule has 1 N–H and O–H groups in total. The molecule has 3 aromatic carbocycles. The van der Waals surface area contributed by atoms with E-state index in [1.165, 1.54) is 30.9 Å². The molecule has 0 bridgehead atoms. The van der Waals surface area contributed by atoms with Crippen molar-refractivity contribution in [2.45, 2.75) is 33.4 Å². The van der Waals surface area contributed by atoms with Crippen LogP contribution in [0.15, 0.2) is 74.1 Å². The molecule has 11 nitrogen and oxygen atoms in total. The minimum atomic E-state index is -1.04. The number of carbonyl (C=O) groups is 2. The summed E-state index contributed by atoms with van der Waals surface area (Å²) in [6.07, 6.45) is 1.66. The molecule has 0 amide bonds. The lowest BCUT2D eigenvalue weighted by molar-refractivity contribution is -0.139. The van der Waals surface area contributed by atoms with E-state index in [2.05, 4.69) is 20.9 Å². The molecule has 1 atom stereocenters. The summed E-state index contributed by atoms with van der Waals surface area (Å²) < 4.78 is 30.7. The Balaban J connectivity index is 1.60. The Morgan fingerprint density at radius 2 is 1.80 bits per heavy atom. The van der Waals surface area contributed by atoms with Crippen molar-refractivity contribution < 1.29 is 38.4 Å². The molecule has 1 aliphatic rings. The molecule has 14 heteroatoms. The molecule has 0 spiro atoms. The van der Waals surface area contributed by atoms with Crippen LogP contribution < -0.4 is 33.8 Å². The summed E-state index contributed by atoms with van der Waals surface area (Å²) in [5.74, 6) is -0.142. The van der Waals surface area contributed by atoms with E-state index < -0.39 is 23.5 Å². The second kappa shape index (κ2) is 15.3. The highest BCUT2D eigenvalue weighted by molar-refractivity contribution is 9.10. The number of ether oxygens (including phenoxy) is 5. The Morgan fingerprint density at radius 1 is 1.04 bits per heavy atom. The highest BCUT2D eigenvalue weighted by Gasteiger charge is 2.35. The Hall–Kier alpha value is -4.59. The van der Waals surface area contributed by atoms with Crippen molar-refractivity contribution in [3.05, 3.63) is 111 Å². The summed E-state index contributed by atoms with van der Waals surface area (Å²) >= 11 is 11.4. The molecule has 1 aliphatic heterocycles. The first kappa shape index (κ1) is 35.7. The molecular formula is C35H32BrClN2O9S. The number of hydrogen-bond acceptors (Lipinski definition) is 10. The first-order valence-electron chi connectivity index (χ1n) is 15.0. The van der Waals surface area contributed by atoms with E-state index >= 15 is 0 Å². The van der Waals surface area contributed by atoms with Gasteiger partial charge in [0.1, 0.15) is 6.61 Å². The Morgan fingerprint density at radius 3 is 2.47 bits per heavy atom. The number of methoxy groups -OCH3 is 2. The van der Waals surface area contributed by atoms with Crippen LogP contribution in [0, 0.1) is 0 Å². The van der Waals surface area contributed by atoms with Crippen molar-refractivity contribution >= 4 is 56.9 Å². The number of fused-ring (bicyclic) bond motifs is 1. The lowest BCUT2D eigenvalue weighted by Gasteiger charge is -2.26. The van der Waals surface area contributed by atoms with Gasteiger partial charge in [-0.15, -0.1) is 0 Å². The Bertz CT molecular complexity index is 2160. The zero-order valence-corrected chi connectivity index (χ0v) is 30.3. The van der Waals surface area contributed by atoms with Gasteiger partial charge in [0.2, 0.25) is 0 Å². The van der Waals surface area contributed by atoms with E-state index in [0.29, 0.717) is 60.0 Å². The predicted octanol–water partition coefficient (Wildman–Crippen LogP) is 5.91. The fourth-order valence-corrected chi connectivity index (χ4v) is 7.20. The van der Waals surface area contributed by atoms with Gasteiger partial charge in [-0.05, 0) is 79.9 Å². The molecule has 5 rings (SSSR count). The van der Waals surface area contributed by atoms with Crippen molar-refractivity contribution in [1.29, 1.82) is 0 Å². The fourth-order valence-electron chi connectivity index (χ4n) is 5.34. The van der Waals surface area contributed by atoms with Crippen LogP contribution in [-0.2, 0) is 16.1 Å². The number of nitrogens with zero attached hydrogens (tertiary/aromatic N) is 2. The SMILES string of the molecule is CCOC(=O)C1=C(C)N=c2s/c(=C/c3cc(Cl)c(OCc4cccc(C(=O)O)c4)c(OC)c3)c(=O)n2[C@H]1c1cc(OC)c(OCC)cc1Br. The van der Waals surface area contributed by atoms with E-state index in [4.69, 9.17) is 35.3 Å². The van der Waals surface area contributed by atoms with Crippen LogP contribution in [0.1, 0.15) is 53.9 Å². The zero-order valence-electron chi connectivity index (χ0n) is 27.2. The van der Waals surface area contributed by atoms with Crippen LogP contribution in [0.25, 0.3) is 6.08 Å². The molecule has 2 heterocycles. The van der Waals surface area contributed by atoms with E-state index in [-0.39, 0.29) is 35.1 Å². The van der Waals surface area contributed by atoms with Gasteiger partial charge in [-0.1, -0.05) is 51.0 Å². The van der Waals surface area contributed by atoms with Gasteiger partial charge in [0.05, 0.1) is 59.9 Å². The average molecular weight is 772 g/mol. The van der Waals surface area contributed by atoms with Crippen LogP contribution in [0.4, 0.5) is 0 Å². The summed E-state index contributed by atoms with van der Waals surface area (Å²) in [6, 6.07) is 12.3. The zero-order chi connectivity index (χ0) is 35.4. The smallest absolute Gasteiger partial charge is 0.338 e. The van der Waals surface area contributed by atoms with Gasteiger partial charge >= 0.3 is 11.9 Å². The third-order valence-electron chi connectivity index (χ3n) is 7.50. The van der Waals surface area contributed by atoms with Crippen LogP contribution in [-0.4, -0.2) is 49.0 Å². The predicted molar refractivity (Wildman–Crippen MR) is 188 cm³/mol. The van der Waals surface area contributed by atoms with E-state index in [1.807, 2.05) is 6.92 Å². The van der Waals surface area contributed by atoms with Crippen molar-refractivity contribution in [2.24, 2.45) is 4.99 Å². The van der Waals surface area contributed by atoms with E-state index in [9.17, 15) is 19.5 Å². The maximum Gasteiger partial charge on any atom is 0.338 e. The van der Waals surface area contributed by atoms with Crippen molar-refractivity contribution in [3.63, 3.8) is 0 Å². The van der Waals surface area contributed by atoms with Gasteiger partial charge in [0.15, 0.2) is 27.8 Å². The third-order valence-corrected chi connectivity index (χ3v) is 9.45. The molecule has 0 aliphatic carbocycles. The molecule has 0 saturated heterocycles. The molecule has 0 fully saturated rings. The lowest BCUT2D eigenvalue weighted by Crippen LogP contribution is -2.40. The molecule has 4 aromatic rings. The summed E-state index contributed by atoms with van der Waals surface area (Å²) in [7, 11) is 2.98. The van der Waals surface area contributed by atoms with Crippen LogP contribution >= 0.6 is 38.9 Å². The van der Waals surface area contributed by atoms with Crippen molar-refractivity contribution in [3.8, 4) is 23.0 Å². The lowest BCUT2D eigenvalue weighted by atomic mass is 9.95.